The molecule has 0 radical (unpaired) electrons. The van der Waals surface area contributed by atoms with E-state index >= 15 is 0 Å². The molecule has 5 nitrogen and oxygen atoms in total. The van der Waals surface area contributed by atoms with Crippen molar-refractivity contribution in [1.82, 2.24) is 4.72 Å². The number of benzene rings is 1. The fourth-order valence-corrected chi connectivity index (χ4v) is 3.52. The summed E-state index contributed by atoms with van der Waals surface area (Å²) >= 11 is 1.27. The molecule has 2 unspecified atom stereocenters. The van der Waals surface area contributed by atoms with E-state index in [1.165, 1.54) is 19.1 Å². The lowest BCUT2D eigenvalue weighted by Crippen LogP contribution is -2.59. The van der Waals surface area contributed by atoms with Crippen molar-refractivity contribution in [2.24, 2.45) is 0 Å². The Morgan fingerprint density at radius 3 is 2.32 bits per heavy atom. The average molecular weight is 492 g/mol. The summed E-state index contributed by atoms with van der Waals surface area (Å²) < 4.78 is 77.0. The number of hydrogen-bond donors (Lipinski definition) is 1. The quantitative estimate of drug-likeness (QED) is 0.355. The van der Waals surface area contributed by atoms with Crippen LogP contribution in [0, 0.1) is 5.82 Å². The van der Waals surface area contributed by atoms with Gasteiger partial charge in [0.1, 0.15) is 22.7 Å². The van der Waals surface area contributed by atoms with Gasteiger partial charge in [-0.05, 0) is 45.9 Å². The smallest absolute Gasteiger partial charge is 0.411 e. The van der Waals surface area contributed by atoms with Crippen LogP contribution in [-0.4, -0.2) is 41.3 Å². The van der Waals surface area contributed by atoms with Crippen LogP contribution < -0.4 is 4.72 Å². The summed E-state index contributed by atoms with van der Waals surface area (Å²) in [7, 11) is 0.963. The molecule has 0 aliphatic carbocycles. The van der Waals surface area contributed by atoms with Gasteiger partial charge in [0.25, 0.3) is 0 Å². The maximum Gasteiger partial charge on any atom is 0.411 e. The maximum absolute atomic E-state index is 14.6. The SMILES string of the molecule is COC(=O)C(OCC(F)(F)F)C(C)(N[S@+]([O-])C(C)(C)C)c1cc(Br)ccc1F. The first-order valence-corrected chi connectivity index (χ1v) is 9.97. The van der Waals surface area contributed by atoms with E-state index in [0.717, 1.165) is 13.2 Å². The minimum Gasteiger partial charge on any atom is -0.598 e. The summed E-state index contributed by atoms with van der Waals surface area (Å²) in [6.45, 7) is 4.29. The predicted octanol–water partition coefficient (Wildman–Crippen LogP) is 3.98. The van der Waals surface area contributed by atoms with E-state index in [9.17, 15) is 26.9 Å². The number of carbonyl (C=O) groups is 1. The third-order valence-corrected chi connectivity index (χ3v) is 5.92. The van der Waals surface area contributed by atoms with E-state index < -0.39 is 52.3 Å². The Labute approximate surface area is 172 Å². The molecule has 1 N–H and O–H groups in total. The Balaban J connectivity index is 3.56. The zero-order chi connectivity index (χ0) is 21.9. The average Bonchev–Trinajstić information content (AvgIpc) is 2.54. The van der Waals surface area contributed by atoms with E-state index in [1.807, 2.05) is 0 Å². The standard InChI is InChI=1S/C17H22BrF4NO4S/c1-15(2,3)28(25)23-16(4,11-8-10(18)6-7-12(11)19)13(14(24)26-5)27-9-17(20,21)22/h6-8,13,23H,9H2,1-5H3/t13?,16?,28-/m1/s1. The minimum absolute atomic E-state index is 0.211. The lowest BCUT2D eigenvalue weighted by Gasteiger charge is -2.39. The van der Waals surface area contributed by atoms with Gasteiger partial charge in [-0.1, -0.05) is 15.9 Å². The minimum atomic E-state index is -4.74. The second kappa shape index (κ2) is 9.29. The molecule has 1 aromatic carbocycles. The highest BCUT2D eigenvalue weighted by Crippen LogP contribution is 2.35. The Bertz CT molecular complexity index is 699. The van der Waals surface area contributed by atoms with Crippen LogP contribution in [0.15, 0.2) is 22.7 Å². The summed E-state index contributed by atoms with van der Waals surface area (Å²) in [6.07, 6.45) is -6.68. The summed E-state index contributed by atoms with van der Waals surface area (Å²) in [4.78, 5) is 12.3. The third-order valence-electron chi connectivity index (χ3n) is 3.70. The molecule has 0 spiro atoms. The van der Waals surface area contributed by atoms with Gasteiger partial charge in [0.05, 0.1) is 7.11 Å². The number of carbonyl (C=O) groups excluding carboxylic acids is 1. The molecule has 0 amide bonds. The number of ether oxygens (including phenoxy) is 2. The van der Waals surface area contributed by atoms with Crippen molar-refractivity contribution in [2.75, 3.05) is 13.7 Å². The van der Waals surface area contributed by atoms with Gasteiger partial charge in [0.15, 0.2) is 6.10 Å². The van der Waals surface area contributed by atoms with E-state index in [1.54, 1.807) is 20.8 Å². The second-order valence-corrected chi connectivity index (χ2v) is 10.0. The van der Waals surface area contributed by atoms with Crippen molar-refractivity contribution in [3.8, 4) is 0 Å². The predicted molar refractivity (Wildman–Crippen MR) is 100 cm³/mol. The van der Waals surface area contributed by atoms with Gasteiger partial charge >= 0.3 is 12.1 Å². The summed E-state index contributed by atoms with van der Waals surface area (Å²) in [5, 5.41) is 0. The monoisotopic (exact) mass is 491 g/mol. The molecule has 0 fully saturated rings. The third kappa shape index (κ3) is 6.58. The number of halogens is 5. The molecule has 0 aliphatic rings. The fourth-order valence-electron chi connectivity index (χ4n) is 2.25. The molecule has 0 heterocycles. The fraction of sp³-hybridized carbons (Fsp3) is 0.588. The molecule has 28 heavy (non-hydrogen) atoms. The van der Waals surface area contributed by atoms with Crippen molar-refractivity contribution in [1.29, 1.82) is 0 Å². The molecule has 11 heteroatoms. The topological polar surface area (TPSA) is 70.6 Å². The first-order chi connectivity index (χ1) is 12.6. The molecule has 0 saturated heterocycles. The molecular formula is C17H22BrF4NO4S. The van der Waals surface area contributed by atoms with E-state index in [0.29, 0.717) is 4.47 Å². The number of esters is 1. The van der Waals surface area contributed by atoms with Crippen molar-refractivity contribution in [3.05, 3.63) is 34.1 Å². The van der Waals surface area contributed by atoms with Crippen LogP contribution in [0.2, 0.25) is 0 Å². The summed E-state index contributed by atoms with van der Waals surface area (Å²) in [5.74, 6) is -2.00. The van der Waals surface area contributed by atoms with Gasteiger partial charge in [0.2, 0.25) is 0 Å². The normalized spacial score (nSPS) is 17.0. The zero-order valence-electron chi connectivity index (χ0n) is 15.9. The summed E-state index contributed by atoms with van der Waals surface area (Å²) in [6, 6.07) is 3.72. The van der Waals surface area contributed by atoms with Crippen LogP contribution in [-0.2, 0) is 31.2 Å². The highest BCUT2D eigenvalue weighted by atomic mass is 79.9. The Morgan fingerprint density at radius 2 is 1.86 bits per heavy atom. The first kappa shape index (κ1) is 25.2. The maximum atomic E-state index is 14.6. The molecule has 0 aromatic heterocycles. The van der Waals surface area contributed by atoms with Gasteiger partial charge in [0, 0.05) is 21.4 Å². The van der Waals surface area contributed by atoms with E-state index in [2.05, 4.69) is 25.4 Å². The second-order valence-electron chi connectivity index (χ2n) is 7.14. The molecule has 3 atom stereocenters. The number of nitrogens with one attached hydrogen (secondary N) is 1. The molecule has 1 aromatic rings. The zero-order valence-corrected chi connectivity index (χ0v) is 18.4. The van der Waals surface area contributed by atoms with Gasteiger partial charge in [-0.25, -0.2) is 9.18 Å². The van der Waals surface area contributed by atoms with Crippen LogP contribution in [0.1, 0.15) is 33.3 Å². The Hall–Kier alpha value is -0.880. The number of rotatable bonds is 7. The molecular weight excluding hydrogens is 470 g/mol. The lowest BCUT2D eigenvalue weighted by molar-refractivity contribution is -0.201. The molecule has 0 aliphatic heterocycles. The highest BCUT2D eigenvalue weighted by Gasteiger charge is 2.50. The molecule has 0 bridgehead atoms. The van der Waals surface area contributed by atoms with Crippen LogP contribution >= 0.6 is 15.9 Å². The van der Waals surface area contributed by atoms with Crippen molar-refractivity contribution < 1.29 is 36.4 Å². The van der Waals surface area contributed by atoms with Gasteiger partial charge < -0.3 is 14.0 Å². The number of alkyl halides is 3. The first-order valence-electron chi connectivity index (χ1n) is 8.03. The van der Waals surface area contributed by atoms with Gasteiger partial charge in [-0.3, -0.25) is 0 Å². The Morgan fingerprint density at radius 1 is 1.29 bits per heavy atom. The van der Waals surface area contributed by atoms with Gasteiger partial charge in [-0.2, -0.15) is 13.2 Å². The van der Waals surface area contributed by atoms with Crippen LogP contribution in [0.25, 0.3) is 0 Å². The molecule has 0 saturated carbocycles. The lowest BCUT2D eigenvalue weighted by atomic mass is 9.86. The number of methoxy groups -OCH3 is 1. The largest absolute Gasteiger partial charge is 0.598 e. The van der Waals surface area contributed by atoms with Crippen LogP contribution in [0.4, 0.5) is 17.6 Å². The van der Waals surface area contributed by atoms with Crippen molar-refractivity contribution in [3.63, 3.8) is 0 Å². The molecule has 1 rings (SSSR count). The Kier molecular flexibility index (Phi) is 8.35. The van der Waals surface area contributed by atoms with Crippen molar-refractivity contribution in [2.45, 2.75) is 50.3 Å². The van der Waals surface area contributed by atoms with Gasteiger partial charge in [-0.15, -0.1) is 4.72 Å². The summed E-state index contributed by atoms with van der Waals surface area (Å²) in [5.41, 5.74) is -2.15. The van der Waals surface area contributed by atoms with Crippen molar-refractivity contribution >= 4 is 33.3 Å². The number of hydrogen-bond acceptors (Lipinski definition) is 5. The van der Waals surface area contributed by atoms with E-state index in [-0.39, 0.29) is 5.56 Å². The van der Waals surface area contributed by atoms with Crippen LogP contribution in [0.3, 0.4) is 0 Å². The van der Waals surface area contributed by atoms with Crippen LogP contribution in [0.5, 0.6) is 0 Å². The highest BCUT2D eigenvalue weighted by molar-refractivity contribution is 9.10. The molecule has 160 valence electrons. The van der Waals surface area contributed by atoms with E-state index in [4.69, 9.17) is 4.74 Å².